The van der Waals surface area contributed by atoms with Gasteiger partial charge in [0.25, 0.3) is 5.56 Å². The largest absolute Gasteiger partial charge is 0.330 e. The molecule has 0 saturated carbocycles. The molecule has 0 aliphatic heterocycles. The van der Waals surface area contributed by atoms with Crippen molar-refractivity contribution in [2.75, 3.05) is 0 Å². The molecule has 0 aliphatic carbocycles. The van der Waals surface area contributed by atoms with Crippen LogP contribution < -0.4 is 11.2 Å². The van der Waals surface area contributed by atoms with Gasteiger partial charge in [-0.3, -0.25) is 9.36 Å². The van der Waals surface area contributed by atoms with E-state index in [1.54, 1.807) is 17.7 Å². The van der Waals surface area contributed by atoms with Gasteiger partial charge in [0.2, 0.25) is 0 Å². The van der Waals surface area contributed by atoms with Crippen LogP contribution in [0.3, 0.4) is 0 Å². The Hall–Kier alpha value is -1.65. The van der Waals surface area contributed by atoms with E-state index >= 15 is 0 Å². The summed E-state index contributed by atoms with van der Waals surface area (Å²) in [5.41, 5.74) is -0.526. The lowest BCUT2D eigenvalue weighted by Gasteiger charge is -2.08. The number of aromatic nitrogens is 2. The highest BCUT2D eigenvalue weighted by Gasteiger charge is 2.04. The lowest BCUT2D eigenvalue weighted by atomic mass is 10.2. The van der Waals surface area contributed by atoms with E-state index in [4.69, 9.17) is 0 Å². The molecule has 0 aromatic carbocycles. The molecule has 100 valence electrons. The van der Waals surface area contributed by atoms with Crippen molar-refractivity contribution in [2.24, 2.45) is 0 Å². The molecule has 1 aromatic heterocycles. The Labute approximate surface area is 106 Å². The van der Waals surface area contributed by atoms with Gasteiger partial charge >= 0.3 is 5.69 Å². The van der Waals surface area contributed by atoms with Crippen LogP contribution in [0.2, 0.25) is 0 Å². The second-order valence-corrected chi connectivity index (χ2v) is 4.44. The minimum absolute atomic E-state index is 0.138. The maximum absolute atomic E-state index is 12.0. The molecule has 0 atom stereocenters. The molecule has 5 nitrogen and oxygen atoms in total. The van der Waals surface area contributed by atoms with E-state index in [0.29, 0.717) is 32.4 Å². The smallest absolute Gasteiger partial charge is 0.300 e. The third-order valence-corrected chi connectivity index (χ3v) is 2.76. The van der Waals surface area contributed by atoms with E-state index in [1.807, 2.05) is 6.92 Å². The van der Waals surface area contributed by atoms with E-state index in [0.717, 1.165) is 6.42 Å². The first kappa shape index (κ1) is 14.4. The van der Waals surface area contributed by atoms with Crippen LogP contribution >= 0.6 is 0 Å². The molecule has 1 rings (SSSR count). The van der Waals surface area contributed by atoms with Gasteiger partial charge in [0.15, 0.2) is 0 Å². The molecule has 18 heavy (non-hydrogen) atoms. The molecular weight excluding hydrogens is 232 g/mol. The maximum Gasteiger partial charge on any atom is 0.330 e. The fourth-order valence-electron chi connectivity index (χ4n) is 1.82. The number of carbonyl (C=O) groups excluding carboxylic acids is 1. The molecule has 0 fully saturated rings. The molecule has 0 amide bonds. The molecule has 0 radical (unpaired) electrons. The number of unbranched alkanes of at least 4 members (excludes halogenated alkanes) is 1. The van der Waals surface area contributed by atoms with Crippen LogP contribution in [0.25, 0.3) is 0 Å². The van der Waals surface area contributed by atoms with Crippen LogP contribution in [0, 0.1) is 0 Å². The Bertz CT molecular complexity index is 514. The number of Topliss-reactive ketones (excluding diaryl/α,β-unsaturated/α-hetero) is 1. The lowest BCUT2D eigenvalue weighted by molar-refractivity contribution is -0.117. The average molecular weight is 252 g/mol. The van der Waals surface area contributed by atoms with E-state index < -0.39 is 0 Å². The number of aryl methyl sites for hydroxylation is 1. The number of carbonyl (C=O) groups is 1. The van der Waals surface area contributed by atoms with Gasteiger partial charge < -0.3 is 9.36 Å². The highest BCUT2D eigenvalue weighted by Crippen LogP contribution is 1.97. The zero-order valence-corrected chi connectivity index (χ0v) is 11.0. The first-order chi connectivity index (χ1) is 8.56. The molecule has 0 spiro atoms. The van der Waals surface area contributed by atoms with Crippen LogP contribution in [-0.2, 0) is 17.9 Å². The topological polar surface area (TPSA) is 61.1 Å². The molecule has 1 heterocycles. The summed E-state index contributed by atoms with van der Waals surface area (Å²) >= 11 is 0. The zero-order chi connectivity index (χ0) is 13.5. The summed E-state index contributed by atoms with van der Waals surface area (Å²) in [5, 5.41) is 0. The summed E-state index contributed by atoms with van der Waals surface area (Å²) in [5.74, 6) is 0.138. The Balaban J connectivity index is 2.75. The Morgan fingerprint density at radius 3 is 2.56 bits per heavy atom. The zero-order valence-electron chi connectivity index (χ0n) is 11.0. The van der Waals surface area contributed by atoms with Gasteiger partial charge in [-0.15, -0.1) is 0 Å². The van der Waals surface area contributed by atoms with Gasteiger partial charge in [-0.2, -0.15) is 0 Å². The fourth-order valence-corrected chi connectivity index (χ4v) is 1.82. The van der Waals surface area contributed by atoms with Crippen LogP contribution in [0.5, 0.6) is 0 Å². The van der Waals surface area contributed by atoms with Crippen molar-refractivity contribution < 1.29 is 4.79 Å². The van der Waals surface area contributed by atoms with Gasteiger partial charge in [0.05, 0.1) is 0 Å². The molecule has 1 aromatic rings. The Morgan fingerprint density at radius 1 is 1.22 bits per heavy atom. The van der Waals surface area contributed by atoms with Crippen molar-refractivity contribution in [2.45, 2.75) is 52.6 Å². The maximum atomic E-state index is 12.0. The summed E-state index contributed by atoms with van der Waals surface area (Å²) in [7, 11) is 0. The monoisotopic (exact) mass is 252 g/mol. The molecule has 0 bridgehead atoms. The first-order valence-electron chi connectivity index (χ1n) is 6.36. The van der Waals surface area contributed by atoms with Crippen LogP contribution in [0.4, 0.5) is 0 Å². The summed E-state index contributed by atoms with van der Waals surface area (Å²) in [4.78, 5) is 34.4. The van der Waals surface area contributed by atoms with E-state index in [1.165, 1.54) is 10.6 Å². The van der Waals surface area contributed by atoms with E-state index in [9.17, 15) is 14.4 Å². The van der Waals surface area contributed by atoms with Crippen molar-refractivity contribution >= 4 is 5.78 Å². The molecule has 0 unspecified atom stereocenters. The fraction of sp³-hybridized carbons (Fsp3) is 0.615. The van der Waals surface area contributed by atoms with E-state index in [-0.39, 0.29) is 17.0 Å². The summed E-state index contributed by atoms with van der Waals surface area (Å²) in [6, 6.07) is 1.42. The third-order valence-electron chi connectivity index (χ3n) is 2.76. The Kier molecular flexibility index (Phi) is 5.55. The van der Waals surface area contributed by atoms with Gasteiger partial charge in [-0.25, -0.2) is 4.79 Å². The van der Waals surface area contributed by atoms with Crippen LogP contribution in [0.15, 0.2) is 21.9 Å². The highest BCUT2D eigenvalue weighted by atomic mass is 16.2. The number of rotatable bonds is 7. The van der Waals surface area contributed by atoms with Gasteiger partial charge in [0.1, 0.15) is 5.78 Å². The Morgan fingerprint density at radius 2 is 1.94 bits per heavy atom. The quantitative estimate of drug-likeness (QED) is 0.685. The molecule has 0 N–H and O–H groups in total. The minimum atomic E-state index is -0.268. The molecule has 0 aliphatic rings. The molecule has 5 heteroatoms. The summed E-state index contributed by atoms with van der Waals surface area (Å²) in [6.07, 6.45) is 4.28. The second kappa shape index (κ2) is 6.93. The number of nitrogens with zero attached hydrogens (tertiary/aromatic N) is 2. The molecule has 0 saturated heterocycles. The second-order valence-electron chi connectivity index (χ2n) is 4.44. The number of ketones is 1. The SMILES string of the molecule is CCCn1ccc(=O)n(CCCCC(C)=O)c1=O. The lowest BCUT2D eigenvalue weighted by Crippen LogP contribution is -2.39. The van der Waals surface area contributed by atoms with Gasteiger partial charge in [0, 0.05) is 31.8 Å². The standard InChI is InChI=1S/C13H20N2O3/c1-3-8-14-10-7-12(17)15(13(14)18)9-5-4-6-11(2)16/h7,10H,3-6,8-9H2,1-2H3. The highest BCUT2D eigenvalue weighted by molar-refractivity contribution is 5.75. The van der Waals surface area contributed by atoms with Crippen LogP contribution in [-0.4, -0.2) is 14.9 Å². The molecular formula is C13H20N2O3. The average Bonchev–Trinajstić information content (AvgIpc) is 2.31. The number of hydrogen-bond acceptors (Lipinski definition) is 3. The van der Waals surface area contributed by atoms with Gasteiger partial charge in [-0.1, -0.05) is 6.92 Å². The normalized spacial score (nSPS) is 10.6. The predicted octanol–water partition coefficient (Wildman–Crippen LogP) is 1.18. The van der Waals surface area contributed by atoms with Crippen LogP contribution in [0.1, 0.15) is 39.5 Å². The van der Waals surface area contributed by atoms with Crippen molar-refractivity contribution in [1.82, 2.24) is 9.13 Å². The number of hydrogen-bond donors (Lipinski definition) is 0. The third kappa shape index (κ3) is 3.98. The summed E-state index contributed by atoms with van der Waals surface area (Å²) in [6.45, 7) is 4.53. The van der Waals surface area contributed by atoms with E-state index in [2.05, 4.69) is 0 Å². The van der Waals surface area contributed by atoms with Crippen molar-refractivity contribution in [3.8, 4) is 0 Å². The van der Waals surface area contributed by atoms with Gasteiger partial charge in [-0.05, 0) is 26.2 Å². The van der Waals surface area contributed by atoms with Crippen molar-refractivity contribution in [3.05, 3.63) is 33.1 Å². The van der Waals surface area contributed by atoms with Crippen molar-refractivity contribution in [1.29, 1.82) is 0 Å². The minimum Gasteiger partial charge on any atom is -0.300 e. The van der Waals surface area contributed by atoms with Crippen molar-refractivity contribution in [3.63, 3.8) is 0 Å². The first-order valence-corrected chi connectivity index (χ1v) is 6.36. The predicted molar refractivity (Wildman–Crippen MR) is 69.8 cm³/mol. The summed E-state index contributed by atoms with van der Waals surface area (Å²) < 4.78 is 2.79.